The number of hydrogen-bond acceptors (Lipinski definition) is 4. The lowest BCUT2D eigenvalue weighted by Gasteiger charge is -2.10. The van der Waals surface area contributed by atoms with Gasteiger partial charge in [0.15, 0.2) is 5.76 Å². The highest BCUT2D eigenvalue weighted by Gasteiger charge is 2.20. The largest absolute Gasteiger partial charge is 0.497 e. The van der Waals surface area contributed by atoms with E-state index in [1.807, 2.05) is 48.5 Å². The highest BCUT2D eigenvalue weighted by Crippen LogP contribution is 2.33. The highest BCUT2D eigenvalue weighted by atomic mass is 19.1. The van der Waals surface area contributed by atoms with E-state index in [9.17, 15) is 9.18 Å². The van der Waals surface area contributed by atoms with Crippen molar-refractivity contribution in [2.75, 3.05) is 14.2 Å². The number of aromatic nitrogens is 1. The summed E-state index contributed by atoms with van der Waals surface area (Å²) in [6.07, 6.45) is 0. The topological polar surface area (TPSA) is 53.6 Å². The standard InChI is InChI=1S/C24H20FNO4/c1-28-20-11-5-17(6-12-20)22-23(18-7-13-21(29-2)14-8-18)30-24(27)26(22)15-16-3-9-19(25)10-4-16/h3-14H,15H2,1-2H3. The number of rotatable bonds is 6. The van der Waals surface area contributed by atoms with Crippen molar-refractivity contribution in [1.82, 2.24) is 4.57 Å². The van der Waals surface area contributed by atoms with Gasteiger partial charge in [0.2, 0.25) is 0 Å². The molecule has 152 valence electrons. The third kappa shape index (κ3) is 3.85. The number of methoxy groups -OCH3 is 2. The Kier molecular flexibility index (Phi) is 5.39. The van der Waals surface area contributed by atoms with Crippen molar-refractivity contribution in [1.29, 1.82) is 0 Å². The van der Waals surface area contributed by atoms with E-state index in [4.69, 9.17) is 13.9 Å². The van der Waals surface area contributed by atoms with E-state index in [1.54, 1.807) is 30.9 Å². The number of hydrogen-bond donors (Lipinski definition) is 0. The monoisotopic (exact) mass is 405 g/mol. The third-order valence-corrected chi connectivity index (χ3v) is 4.86. The molecule has 0 fully saturated rings. The lowest BCUT2D eigenvalue weighted by atomic mass is 10.0. The number of halogens is 1. The second-order valence-electron chi connectivity index (χ2n) is 6.72. The van der Waals surface area contributed by atoms with Crippen LogP contribution < -0.4 is 15.2 Å². The van der Waals surface area contributed by atoms with Gasteiger partial charge in [0.1, 0.15) is 17.3 Å². The molecule has 0 aliphatic carbocycles. The minimum atomic E-state index is -0.490. The molecule has 0 aliphatic heterocycles. The predicted molar refractivity (Wildman–Crippen MR) is 112 cm³/mol. The Morgan fingerprint density at radius 3 is 1.87 bits per heavy atom. The molecule has 0 amide bonds. The Labute approximate surface area is 172 Å². The zero-order chi connectivity index (χ0) is 21.1. The van der Waals surface area contributed by atoms with Gasteiger partial charge in [-0.05, 0) is 66.2 Å². The van der Waals surface area contributed by atoms with E-state index < -0.39 is 5.76 Å². The van der Waals surface area contributed by atoms with Crippen molar-refractivity contribution in [3.8, 4) is 34.1 Å². The summed E-state index contributed by atoms with van der Waals surface area (Å²) >= 11 is 0. The first-order valence-corrected chi connectivity index (χ1v) is 9.36. The maximum atomic E-state index is 13.3. The van der Waals surface area contributed by atoms with Crippen LogP contribution in [0.2, 0.25) is 0 Å². The molecule has 6 heteroatoms. The summed E-state index contributed by atoms with van der Waals surface area (Å²) in [4.78, 5) is 12.8. The summed E-state index contributed by atoms with van der Waals surface area (Å²) < 4.78 is 31.0. The second kappa shape index (κ2) is 8.29. The average Bonchev–Trinajstić information content (AvgIpc) is 3.11. The number of oxazole rings is 1. The van der Waals surface area contributed by atoms with Gasteiger partial charge in [0, 0.05) is 11.1 Å². The van der Waals surface area contributed by atoms with E-state index >= 15 is 0 Å². The molecule has 1 aromatic heterocycles. The van der Waals surface area contributed by atoms with Crippen LogP contribution in [0.1, 0.15) is 5.56 Å². The van der Waals surface area contributed by atoms with Crippen LogP contribution >= 0.6 is 0 Å². The van der Waals surface area contributed by atoms with Crippen molar-refractivity contribution >= 4 is 0 Å². The quantitative estimate of drug-likeness (QED) is 0.454. The Bertz CT molecular complexity index is 1190. The van der Waals surface area contributed by atoms with Crippen LogP contribution in [0.15, 0.2) is 82.0 Å². The van der Waals surface area contributed by atoms with Crippen molar-refractivity contribution in [3.05, 3.63) is 94.7 Å². The highest BCUT2D eigenvalue weighted by molar-refractivity contribution is 5.77. The first kappa shape index (κ1) is 19.5. The van der Waals surface area contributed by atoms with Gasteiger partial charge in [-0.25, -0.2) is 9.18 Å². The smallest absolute Gasteiger partial charge is 0.420 e. The Hall–Kier alpha value is -3.80. The van der Waals surface area contributed by atoms with Gasteiger partial charge in [-0.15, -0.1) is 0 Å². The molecule has 0 aliphatic rings. The SMILES string of the molecule is COc1ccc(-c2oc(=O)n(Cc3ccc(F)cc3)c2-c2ccc(OC)cc2)cc1. The van der Waals surface area contributed by atoms with E-state index in [0.29, 0.717) is 23.0 Å². The molecule has 0 unspecified atom stereocenters. The van der Waals surface area contributed by atoms with Crippen LogP contribution in [0.4, 0.5) is 4.39 Å². The molecule has 0 saturated heterocycles. The van der Waals surface area contributed by atoms with Crippen molar-refractivity contribution in [2.45, 2.75) is 6.54 Å². The Balaban J connectivity index is 1.86. The minimum Gasteiger partial charge on any atom is -0.497 e. The summed E-state index contributed by atoms with van der Waals surface area (Å²) in [6, 6.07) is 20.7. The van der Waals surface area contributed by atoms with Gasteiger partial charge >= 0.3 is 5.76 Å². The fourth-order valence-electron chi connectivity index (χ4n) is 3.29. The van der Waals surface area contributed by atoms with Crippen molar-refractivity contribution in [3.63, 3.8) is 0 Å². The van der Waals surface area contributed by atoms with Crippen LogP contribution in [-0.2, 0) is 6.54 Å². The van der Waals surface area contributed by atoms with Crippen LogP contribution in [-0.4, -0.2) is 18.8 Å². The van der Waals surface area contributed by atoms with Gasteiger partial charge in [-0.1, -0.05) is 12.1 Å². The fraction of sp³-hybridized carbons (Fsp3) is 0.125. The molecular formula is C24H20FNO4. The van der Waals surface area contributed by atoms with E-state index in [0.717, 1.165) is 16.7 Å². The maximum Gasteiger partial charge on any atom is 0.420 e. The summed E-state index contributed by atoms with van der Waals surface area (Å²) in [5.74, 6) is 1.05. The zero-order valence-corrected chi connectivity index (χ0v) is 16.6. The molecule has 0 radical (unpaired) electrons. The molecule has 0 N–H and O–H groups in total. The number of ether oxygens (including phenoxy) is 2. The molecule has 4 rings (SSSR count). The summed E-state index contributed by atoms with van der Waals surface area (Å²) in [5.41, 5.74) is 2.97. The number of nitrogens with zero attached hydrogens (tertiary/aromatic N) is 1. The molecule has 0 spiro atoms. The molecular weight excluding hydrogens is 385 g/mol. The lowest BCUT2D eigenvalue weighted by molar-refractivity contribution is 0.414. The minimum absolute atomic E-state index is 0.250. The van der Waals surface area contributed by atoms with Crippen molar-refractivity contribution < 1.29 is 18.3 Å². The second-order valence-corrected chi connectivity index (χ2v) is 6.72. The predicted octanol–water partition coefficient (Wildman–Crippen LogP) is 4.98. The first-order chi connectivity index (χ1) is 14.6. The van der Waals surface area contributed by atoms with Crippen LogP contribution in [0.3, 0.4) is 0 Å². The molecule has 30 heavy (non-hydrogen) atoms. The zero-order valence-electron chi connectivity index (χ0n) is 16.6. The van der Waals surface area contributed by atoms with Crippen LogP contribution in [0, 0.1) is 5.82 Å². The van der Waals surface area contributed by atoms with Gasteiger partial charge < -0.3 is 13.9 Å². The first-order valence-electron chi connectivity index (χ1n) is 9.36. The summed E-state index contributed by atoms with van der Waals surface area (Å²) in [6.45, 7) is 0.250. The molecule has 0 atom stereocenters. The molecule has 5 nitrogen and oxygen atoms in total. The Morgan fingerprint density at radius 1 is 0.800 bits per heavy atom. The summed E-state index contributed by atoms with van der Waals surface area (Å²) in [7, 11) is 3.19. The van der Waals surface area contributed by atoms with Gasteiger partial charge in [-0.3, -0.25) is 4.57 Å². The van der Waals surface area contributed by atoms with E-state index in [2.05, 4.69) is 0 Å². The molecule has 0 bridgehead atoms. The van der Waals surface area contributed by atoms with Crippen molar-refractivity contribution in [2.24, 2.45) is 0 Å². The Morgan fingerprint density at radius 2 is 1.33 bits per heavy atom. The van der Waals surface area contributed by atoms with Gasteiger partial charge in [0.05, 0.1) is 26.5 Å². The normalized spacial score (nSPS) is 10.8. The third-order valence-electron chi connectivity index (χ3n) is 4.86. The lowest BCUT2D eigenvalue weighted by Crippen LogP contribution is -2.16. The number of benzene rings is 3. The van der Waals surface area contributed by atoms with Gasteiger partial charge in [-0.2, -0.15) is 0 Å². The molecule has 4 aromatic rings. The summed E-state index contributed by atoms with van der Waals surface area (Å²) in [5, 5.41) is 0. The maximum absolute atomic E-state index is 13.3. The molecule has 1 heterocycles. The molecule has 3 aromatic carbocycles. The van der Waals surface area contributed by atoms with E-state index in [1.165, 1.54) is 12.1 Å². The van der Waals surface area contributed by atoms with E-state index in [-0.39, 0.29) is 12.4 Å². The van der Waals surface area contributed by atoms with Gasteiger partial charge in [0.25, 0.3) is 0 Å². The van der Waals surface area contributed by atoms with Crippen LogP contribution in [0.25, 0.3) is 22.6 Å². The molecule has 0 saturated carbocycles. The van der Waals surface area contributed by atoms with Crippen LogP contribution in [0.5, 0.6) is 11.5 Å². The average molecular weight is 405 g/mol. The fourth-order valence-corrected chi connectivity index (χ4v) is 3.29.